The van der Waals surface area contributed by atoms with Gasteiger partial charge in [-0.25, -0.2) is 13.1 Å². The van der Waals surface area contributed by atoms with Crippen molar-refractivity contribution < 1.29 is 23.0 Å². The quantitative estimate of drug-likeness (QED) is 0.780. The summed E-state index contributed by atoms with van der Waals surface area (Å²) in [6, 6.07) is 11.0. The summed E-state index contributed by atoms with van der Waals surface area (Å²) in [7, 11) is -0.834. The predicted octanol–water partition coefficient (Wildman–Crippen LogP) is 2.37. The average Bonchev–Trinajstić information content (AvgIpc) is 2.59. The smallest absolute Gasteiger partial charge is 0.242 e. The van der Waals surface area contributed by atoms with E-state index >= 15 is 0 Å². The van der Waals surface area contributed by atoms with E-state index in [1.165, 1.54) is 26.4 Å². The first kappa shape index (κ1) is 18.5. The molecule has 0 aliphatic heterocycles. The third-order valence-electron chi connectivity index (χ3n) is 3.39. The van der Waals surface area contributed by atoms with Crippen LogP contribution >= 0.6 is 11.6 Å². The highest BCUT2D eigenvalue weighted by Crippen LogP contribution is 2.30. The highest BCUT2D eigenvalue weighted by molar-refractivity contribution is 7.89. The fourth-order valence-corrected chi connectivity index (χ4v) is 3.66. The summed E-state index contributed by atoms with van der Waals surface area (Å²) in [5, 5.41) is 10.3. The van der Waals surface area contributed by atoms with Crippen molar-refractivity contribution >= 4 is 21.6 Å². The SMILES string of the molecule is COc1ccc([C@@H](O)CNS(=O)(=O)c2ccccc2Cl)cc1OC. The van der Waals surface area contributed by atoms with E-state index < -0.39 is 16.1 Å². The van der Waals surface area contributed by atoms with Crippen LogP contribution < -0.4 is 14.2 Å². The second-order valence-corrected chi connectivity index (χ2v) is 7.06. The van der Waals surface area contributed by atoms with Gasteiger partial charge in [0.15, 0.2) is 11.5 Å². The maximum Gasteiger partial charge on any atom is 0.242 e. The maximum absolute atomic E-state index is 12.3. The third-order valence-corrected chi connectivity index (χ3v) is 5.31. The van der Waals surface area contributed by atoms with E-state index in [9.17, 15) is 13.5 Å². The average molecular weight is 372 g/mol. The number of methoxy groups -OCH3 is 2. The van der Waals surface area contributed by atoms with E-state index in [2.05, 4.69) is 4.72 Å². The molecular formula is C16H18ClNO5S. The minimum absolute atomic E-state index is 0.0359. The van der Waals surface area contributed by atoms with Crippen LogP contribution in [0.3, 0.4) is 0 Å². The highest BCUT2D eigenvalue weighted by Gasteiger charge is 2.20. The van der Waals surface area contributed by atoms with Crippen molar-refractivity contribution in [2.24, 2.45) is 0 Å². The Morgan fingerprint density at radius 2 is 1.79 bits per heavy atom. The van der Waals surface area contributed by atoms with Gasteiger partial charge in [0, 0.05) is 6.54 Å². The van der Waals surface area contributed by atoms with Crippen LogP contribution in [0.1, 0.15) is 11.7 Å². The van der Waals surface area contributed by atoms with Gasteiger partial charge in [-0.1, -0.05) is 29.8 Å². The summed E-state index contributed by atoms with van der Waals surface area (Å²) >= 11 is 5.90. The molecule has 130 valence electrons. The van der Waals surface area contributed by atoms with Crippen molar-refractivity contribution in [2.75, 3.05) is 20.8 Å². The molecule has 0 saturated carbocycles. The van der Waals surface area contributed by atoms with Crippen LogP contribution in [0.4, 0.5) is 0 Å². The van der Waals surface area contributed by atoms with E-state index in [-0.39, 0.29) is 16.5 Å². The Morgan fingerprint density at radius 1 is 1.12 bits per heavy atom. The van der Waals surface area contributed by atoms with Gasteiger partial charge in [0.25, 0.3) is 0 Å². The summed E-state index contributed by atoms with van der Waals surface area (Å²) in [6.45, 7) is -0.205. The molecule has 2 aromatic carbocycles. The normalized spacial score (nSPS) is 12.7. The molecule has 2 rings (SSSR count). The van der Waals surface area contributed by atoms with Crippen molar-refractivity contribution in [2.45, 2.75) is 11.0 Å². The zero-order valence-electron chi connectivity index (χ0n) is 13.2. The monoisotopic (exact) mass is 371 g/mol. The minimum atomic E-state index is -3.82. The van der Waals surface area contributed by atoms with Crippen molar-refractivity contribution in [3.05, 3.63) is 53.1 Å². The van der Waals surface area contributed by atoms with Gasteiger partial charge in [-0.05, 0) is 29.8 Å². The highest BCUT2D eigenvalue weighted by atomic mass is 35.5. The molecule has 0 bridgehead atoms. The van der Waals surface area contributed by atoms with Gasteiger partial charge < -0.3 is 14.6 Å². The lowest BCUT2D eigenvalue weighted by Gasteiger charge is -2.15. The fraction of sp³-hybridized carbons (Fsp3) is 0.250. The Bertz CT molecular complexity index is 810. The lowest BCUT2D eigenvalue weighted by atomic mass is 10.1. The Labute approximate surface area is 146 Å². The zero-order chi connectivity index (χ0) is 17.7. The first-order chi connectivity index (χ1) is 11.4. The van der Waals surface area contributed by atoms with Gasteiger partial charge in [-0.15, -0.1) is 0 Å². The number of rotatable bonds is 7. The predicted molar refractivity (Wildman–Crippen MR) is 91.1 cm³/mol. The van der Waals surface area contributed by atoms with Gasteiger partial charge in [-0.3, -0.25) is 0 Å². The van der Waals surface area contributed by atoms with E-state index in [0.717, 1.165) is 0 Å². The number of aliphatic hydroxyl groups is 1. The Morgan fingerprint density at radius 3 is 2.42 bits per heavy atom. The number of ether oxygens (including phenoxy) is 2. The number of aliphatic hydroxyl groups excluding tert-OH is 1. The molecule has 0 aromatic heterocycles. The summed E-state index contributed by atoms with van der Waals surface area (Å²) in [4.78, 5) is -0.0359. The molecule has 0 aliphatic carbocycles. The van der Waals surface area contributed by atoms with E-state index in [1.807, 2.05) is 0 Å². The van der Waals surface area contributed by atoms with Crippen LogP contribution in [0.5, 0.6) is 11.5 Å². The Balaban J connectivity index is 2.13. The summed E-state index contributed by atoms with van der Waals surface area (Å²) in [5.74, 6) is 0.966. The van der Waals surface area contributed by atoms with Crippen LogP contribution in [0.25, 0.3) is 0 Å². The van der Waals surface area contributed by atoms with E-state index in [1.54, 1.807) is 30.3 Å². The topological polar surface area (TPSA) is 84.9 Å². The van der Waals surface area contributed by atoms with Crippen molar-refractivity contribution in [1.82, 2.24) is 4.72 Å². The van der Waals surface area contributed by atoms with Gasteiger partial charge in [-0.2, -0.15) is 0 Å². The van der Waals surface area contributed by atoms with Crippen LogP contribution in [-0.4, -0.2) is 34.3 Å². The first-order valence-corrected chi connectivity index (χ1v) is 8.89. The molecule has 24 heavy (non-hydrogen) atoms. The van der Waals surface area contributed by atoms with Gasteiger partial charge in [0.05, 0.1) is 25.3 Å². The van der Waals surface area contributed by atoms with Crippen LogP contribution in [0.15, 0.2) is 47.4 Å². The van der Waals surface area contributed by atoms with Gasteiger partial charge in [0.2, 0.25) is 10.0 Å². The Kier molecular flexibility index (Phi) is 6.06. The van der Waals surface area contributed by atoms with Crippen LogP contribution in [0.2, 0.25) is 5.02 Å². The maximum atomic E-state index is 12.3. The molecular weight excluding hydrogens is 354 g/mol. The van der Waals surface area contributed by atoms with E-state index in [0.29, 0.717) is 17.1 Å². The molecule has 0 spiro atoms. The number of hydrogen-bond donors (Lipinski definition) is 2. The molecule has 2 N–H and O–H groups in total. The molecule has 8 heteroatoms. The molecule has 0 saturated heterocycles. The minimum Gasteiger partial charge on any atom is -0.493 e. The lowest BCUT2D eigenvalue weighted by Crippen LogP contribution is -2.28. The molecule has 0 radical (unpaired) electrons. The zero-order valence-corrected chi connectivity index (χ0v) is 14.8. The van der Waals surface area contributed by atoms with Crippen LogP contribution in [-0.2, 0) is 10.0 Å². The third kappa shape index (κ3) is 4.18. The number of nitrogens with one attached hydrogen (secondary N) is 1. The number of hydrogen-bond acceptors (Lipinski definition) is 5. The fourth-order valence-electron chi connectivity index (χ4n) is 2.11. The standard InChI is InChI=1S/C16H18ClNO5S/c1-22-14-8-7-11(9-15(14)23-2)13(19)10-18-24(20,21)16-6-4-3-5-12(16)17/h3-9,13,18-19H,10H2,1-2H3/t13-/m0/s1. The summed E-state index contributed by atoms with van der Waals surface area (Å²) < 4.78 is 37.2. The molecule has 0 amide bonds. The van der Waals surface area contributed by atoms with Crippen molar-refractivity contribution in [1.29, 1.82) is 0 Å². The molecule has 6 nitrogen and oxygen atoms in total. The second kappa shape index (κ2) is 7.85. The molecule has 0 aliphatic rings. The molecule has 0 unspecified atom stereocenters. The first-order valence-electron chi connectivity index (χ1n) is 7.03. The molecule has 0 heterocycles. The largest absolute Gasteiger partial charge is 0.493 e. The molecule has 1 atom stereocenters. The molecule has 0 fully saturated rings. The van der Waals surface area contributed by atoms with Crippen molar-refractivity contribution in [3.63, 3.8) is 0 Å². The lowest BCUT2D eigenvalue weighted by molar-refractivity contribution is 0.181. The van der Waals surface area contributed by atoms with Gasteiger partial charge >= 0.3 is 0 Å². The second-order valence-electron chi connectivity index (χ2n) is 4.91. The van der Waals surface area contributed by atoms with Crippen LogP contribution in [0, 0.1) is 0 Å². The summed E-state index contributed by atoms with van der Waals surface area (Å²) in [5.41, 5.74) is 0.495. The number of halogens is 1. The van der Waals surface area contributed by atoms with Crippen molar-refractivity contribution in [3.8, 4) is 11.5 Å². The number of sulfonamides is 1. The number of benzene rings is 2. The summed E-state index contributed by atoms with van der Waals surface area (Å²) in [6.07, 6.45) is -1.05. The Hall–Kier alpha value is -1.80. The van der Waals surface area contributed by atoms with E-state index in [4.69, 9.17) is 21.1 Å². The van der Waals surface area contributed by atoms with Gasteiger partial charge in [0.1, 0.15) is 4.90 Å². The molecule has 2 aromatic rings.